The quantitative estimate of drug-likeness (QED) is 0.710. The first-order valence-electron chi connectivity index (χ1n) is 11.5. The summed E-state index contributed by atoms with van der Waals surface area (Å²) in [6.45, 7) is 8.43. The highest BCUT2D eigenvalue weighted by Gasteiger charge is 2.53. The highest BCUT2D eigenvalue weighted by atomic mass is 16.5. The van der Waals surface area contributed by atoms with E-state index in [4.69, 9.17) is 14.2 Å². The van der Waals surface area contributed by atoms with Gasteiger partial charge in [-0.25, -0.2) is 0 Å². The van der Waals surface area contributed by atoms with Gasteiger partial charge in [0.2, 0.25) is 0 Å². The zero-order valence-electron chi connectivity index (χ0n) is 19.7. The summed E-state index contributed by atoms with van der Waals surface area (Å²) < 4.78 is 20.3. The van der Waals surface area contributed by atoms with E-state index in [2.05, 4.69) is 25.0 Å². The summed E-state index contributed by atoms with van der Waals surface area (Å²) in [5.74, 6) is 1.90. The minimum atomic E-state index is -0.362. The molecule has 5 rings (SSSR count). The highest BCUT2D eigenvalue weighted by Crippen LogP contribution is 2.57. The number of nitrogens with zero attached hydrogens (tertiary/aromatic N) is 3. The molecule has 32 heavy (non-hydrogen) atoms. The Hall–Kier alpha value is -2.54. The third-order valence-corrected chi connectivity index (χ3v) is 7.74. The zero-order chi connectivity index (χ0) is 22.7. The summed E-state index contributed by atoms with van der Waals surface area (Å²) in [6.07, 6.45) is 4.76. The van der Waals surface area contributed by atoms with Crippen LogP contribution in [0, 0.1) is 18.3 Å². The van der Waals surface area contributed by atoms with Gasteiger partial charge >= 0.3 is 0 Å². The predicted molar refractivity (Wildman–Crippen MR) is 120 cm³/mol. The Morgan fingerprint density at radius 3 is 2.66 bits per heavy atom. The Morgan fingerprint density at radius 2 is 2.00 bits per heavy atom. The molecule has 7 heteroatoms. The van der Waals surface area contributed by atoms with Gasteiger partial charge < -0.3 is 19.1 Å². The number of hydrogen-bond acceptors (Lipinski definition) is 5. The van der Waals surface area contributed by atoms with Gasteiger partial charge in [-0.1, -0.05) is 12.1 Å². The topological polar surface area (TPSA) is 65.8 Å². The molecule has 3 aliphatic rings. The molecule has 3 aliphatic heterocycles. The minimum Gasteiger partial charge on any atom is -0.493 e. The second-order valence-electron chi connectivity index (χ2n) is 10.2. The van der Waals surface area contributed by atoms with Crippen LogP contribution < -0.4 is 9.47 Å². The third kappa shape index (κ3) is 3.38. The summed E-state index contributed by atoms with van der Waals surface area (Å²) in [6, 6.07) is 6.05. The number of aromatic nitrogens is 2. The lowest BCUT2D eigenvalue weighted by Crippen LogP contribution is -2.54. The van der Waals surface area contributed by atoms with E-state index < -0.39 is 0 Å². The molecule has 2 fully saturated rings. The van der Waals surface area contributed by atoms with E-state index in [9.17, 15) is 4.79 Å². The Balaban J connectivity index is 1.33. The van der Waals surface area contributed by atoms with Crippen molar-refractivity contribution in [3.63, 3.8) is 0 Å². The van der Waals surface area contributed by atoms with Gasteiger partial charge in [0.1, 0.15) is 5.60 Å². The molecule has 2 aromatic rings. The number of ether oxygens (including phenoxy) is 3. The molecule has 7 nitrogen and oxygen atoms in total. The minimum absolute atomic E-state index is 0.00665. The SMILES string of the molecule is COc1cccc2c1OC(C)(C)[C@H]1CC3(CCN(C(=O)c4cn(C)nc4C)CC3)CO[C@H]21. The van der Waals surface area contributed by atoms with Crippen molar-refractivity contribution in [1.29, 1.82) is 0 Å². The number of benzene rings is 1. The number of fused-ring (bicyclic) bond motifs is 3. The van der Waals surface area contributed by atoms with Crippen LogP contribution in [0.25, 0.3) is 0 Å². The first-order valence-corrected chi connectivity index (χ1v) is 11.5. The van der Waals surface area contributed by atoms with Crippen LogP contribution in [-0.2, 0) is 11.8 Å². The van der Waals surface area contributed by atoms with E-state index in [1.54, 1.807) is 11.8 Å². The van der Waals surface area contributed by atoms with Gasteiger partial charge in [-0.15, -0.1) is 0 Å². The lowest BCUT2D eigenvalue weighted by atomic mass is 9.64. The van der Waals surface area contributed by atoms with Crippen LogP contribution in [0.15, 0.2) is 24.4 Å². The van der Waals surface area contributed by atoms with E-state index in [0.717, 1.165) is 61.7 Å². The Labute approximate surface area is 189 Å². The number of carbonyl (C=O) groups is 1. The lowest BCUT2D eigenvalue weighted by molar-refractivity contribution is -0.173. The first-order chi connectivity index (χ1) is 15.2. The van der Waals surface area contributed by atoms with Crippen molar-refractivity contribution in [2.24, 2.45) is 18.4 Å². The van der Waals surface area contributed by atoms with Gasteiger partial charge in [-0.3, -0.25) is 9.48 Å². The van der Waals surface area contributed by atoms with E-state index in [1.165, 1.54) is 0 Å². The van der Waals surface area contributed by atoms with Crippen molar-refractivity contribution in [2.75, 3.05) is 26.8 Å². The fraction of sp³-hybridized carbons (Fsp3) is 0.600. The normalized spacial score (nSPS) is 25.6. The number of piperidine rings is 1. The van der Waals surface area contributed by atoms with E-state index >= 15 is 0 Å². The molecule has 1 amide bonds. The molecule has 0 aliphatic carbocycles. The number of carbonyl (C=O) groups excluding carboxylic acids is 1. The maximum atomic E-state index is 13.0. The molecule has 2 atom stereocenters. The second-order valence-corrected chi connectivity index (χ2v) is 10.2. The number of amides is 1. The fourth-order valence-corrected chi connectivity index (χ4v) is 5.81. The summed E-state index contributed by atoms with van der Waals surface area (Å²) in [5.41, 5.74) is 2.30. The van der Waals surface area contributed by atoms with Crippen molar-refractivity contribution >= 4 is 5.91 Å². The van der Waals surface area contributed by atoms with Gasteiger partial charge in [0.25, 0.3) is 5.91 Å². The van der Waals surface area contributed by atoms with Crippen LogP contribution in [0.1, 0.15) is 60.8 Å². The maximum absolute atomic E-state index is 13.0. The molecular formula is C25H33N3O4. The Morgan fingerprint density at radius 1 is 1.25 bits per heavy atom. The van der Waals surface area contributed by atoms with Gasteiger partial charge in [0, 0.05) is 37.8 Å². The molecule has 0 bridgehead atoms. The lowest BCUT2D eigenvalue weighted by Gasteiger charge is -2.54. The van der Waals surface area contributed by atoms with Crippen molar-refractivity contribution < 1.29 is 19.0 Å². The number of likely N-dealkylation sites (tertiary alicyclic amines) is 1. The Kier molecular flexibility index (Phi) is 5.00. The van der Waals surface area contributed by atoms with E-state index in [1.807, 2.05) is 37.2 Å². The van der Waals surface area contributed by atoms with Crippen molar-refractivity contribution in [1.82, 2.24) is 14.7 Å². The summed E-state index contributed by atoms with van der Waals surface area (Å²) in [4.78, 5) is 15.0. The average molecular weight is 440 g/mol. The number of aryl methyl sites for hydroxylation is 2. The second kappa shape index (κ2) is 7.51. The molecule has 1 aromatic heterocycles. The van der Waals surface area contributed by atoms with Crippen molar-refractivity contribution in [2.45, 2.75) is 51.7 Å². The molecule has 172 valence electrons. The van der Waals surface area contributed by atoms with Crippen LogP contribution in [-0.4, -0.2) is 53.0 Å². The van der Waals surface area contributed by atoms with Crippen molar-refractivity contribution in [3.05, 3.63) is 41.2 Å². The van der Waals surface area contributed by atoms with E-state index in [-0.39, 0.29) is 28.9 Å². The van der Waals surface area contributed by atoms with Crippen LogP contribution in [0.4, 0.5) is 0 Å². The molecule has 0 saturated carbocycles. The first kappa shape index (κ1) is 21.3. The van der Waals surface area contributed by atoms with Gasteiger partial charge in [0.15, 0.2) is 11.5 Å². The third-order valence-electron chi connectivity index (χ3n) is 7.74. The van der Waals surface area contributed by atoms with Crippen LogP contribution >= 0.6 is 0 Å². The molecule has 1 aromatic carbocycles. The molecule has 1 spiro atoms. The monoisotopic (exact) mass is 439 g/mol. The van der Waals surface area contributed by atoms with Gasteiger partial charge in [-0.2, -0.15) is 5.10 Å². The van der Waals surface area contributed by atoms with Gasteiger partial charge in [0.05, 0.1) is 31.1 Å². The largest absolute Gasteiger partial charge is 0.493 e. The van der Waals surface area contributed by atoms with Crippen LogP contribution in [0.2, 0.25) is 0 Å². The molecule has 0 N–H and O–H groups in total. The number of methoxy groups -OCH3 is 1. The van der Waals surface area contributed by atoms with E-state index in [0.29, 0.717) is 5.56 Å². The number of rotatable bonds is 2. The number of hydrogen-bond donors (Lipinski definition) is 0. The number of para-hydroxylation sites is 1. The van der Waals surface area contributed by atoms with Crippen LogP contribution in [0.3, 0.4) is 0 Å². The summed E-state index contributed by atoms with van der Waals surface area (Å²) in [7, 11) is 3.53. The molecule has 0 radical (unpaired) electrons. The maximum Gasteiger partial charge on any atom is 0.257 e. The summed E-state index contributed by atoms with van der Waals surface area (Å²) in [5, 5.41) is 4.33. The standard InChI is InChI=1S/C25H33N3O4/c1-16-18(14-27(4)26-16)23(29)28-11-9-25(10-12-28)13-19-21(31-15-25)17-7-6-8-20(30-5)22(17)32-24(19,2)3/h6-8,14,19,21H,9-13,15H2,1-5H3/t19-,21+/m0/s1. The smallest absolute Gasteiger partial charge is 0.257 e. The fourth-order valence-electron chi connectivity index (χ4n) is 5.81. The molecule has 4 heterocycles. The molecule has 0 unspecified atom stereocenters. The van der Waals surface area contributed by atoms with Crippen LogP contribution in [0.5, 0.6) is 11.5 Å². The Bertz CT molecular complexity index is 1040. The predicted octanol–water partition coefficient (Wildman–Crippen LogP) is 3.91. The molecular weight excluding hydrogens is 406 g/mol. The van der Waals surface area contributed by atoms with Gasteiger partial charge in [-0.05, 0) is 51.5 Å². The highest BCUT2D eigenvalue weighted by molar-refractivity contribution is 5.95. The average Bonchev–Trinajstić information content (AvgIpc) is 3.11. The molecule has 2 saturated heterocycles. The summed E-state index contributed by atoms with van der Waals surface area (Å²) >= 11 is 0. The van der Waals surface area contributed by atoms with Crippen molar-refractivity contribution in [3.8, 4) is 11.5 Å². The zero-order valence-corrected chi connectivity index (χ0v) is 19.7.